The fourth-order valence-corrected chi connectivity index (χ4v) is 2.90. The van der Waals surface area contributed by atoms with E-state index in [0.29, 0.717) is 18.1 Å². The number of aliphatic hydroxyl groups excluding tert-OH is 2. The van der Waals surface area contributed by atoms with Gasteiger partial charge in [-0.25, -0.2) is 0 Å². The number of hydrogen-bond donors (Lipinski definition) is 4. The third-order valence-corrected chi connectivity index (χ3v) is 4.14. The lowest BCUT2D eigenvalue weighted by atomic mass is 9.89. The smallest absolute Gasteiger partial charge is 0.105 e. The van der Waals surface area contributed by atoms with Gasteiger partial charge in [0.2, 0.25) is 0 Å². The van der Waals surface area contributed by atoms with Crippen molar-refractivity contribution in [3.63, 3.8) is 0 Å². The predicted molar refractivity (Wildman–Crippen MR) is 80.7 cm³/mol. The van der Waals surface area contributed by atoms with Crippen LogP contribution in [0, 0.1) is 0 Å². The van der Waals surface area contributed by atoms with E-state index in [2.05, 4.69) is 30.1 Å². The second-order valence-electron chi connectivity index (χ2n) is 5.22. The van der Waals surface area contributed by atoms with Crippen molar-refractivity contribution in [2.24, 2.45) is 0 Å². The summed E-state index contributed by atoms with van der Waals surface area (Å²) in [5.41, 5.74) is 2.12. The van der Waals surface area contributed by atoms with Crippen LogP contribution in [0.2, 0.25) is 0 Å². The van der Waals surface area contributed by atoms with Crippen molar-refractivity contribution in [1.29, 1.82) is 0 Å². The van der Waals surface area contributed by atoms with Crippen LogP contribution in [-0.2, 0) is 0 Å². The average molecular weight is 281 g/mol. The van der Waals surface area contributed by atoms with E-state index in [-0.39, 0.29) is 0 Å². The Hall–Kier alpha value is -0.550. The Bertz CT molecular complexity index is 376. The molecule has 0 saturated carbocycles. The van der Waals surface area contributed by atoms with Crippen LogP contribution in [0.3, 0.4) is 0 Å². The summed E-state index contributed by atoms with van der Waals surface area (Å²) >= 11 is 4.08. The van der Waals surface area contributed by atoms with Crippen LogP contribution in [-0.4, -0.2) is 35.2 Å². The molecule has 1 aromatic rings. The van der Waals surface area contributed by atoms with Crippen molar-refractivity contribution in [1.82, 2.24) is 5.32 Å². The van der Waals surface area contributed by atoms with Crippen molar-refractivity contribution >= 4 is 12.6 Å². The van der Waals surface area contributed by atoms with Crippen LogP contribution in [0.25, 0.3) is 0 Å². The summed E-state index contributed by atoms with van der Waals surface area (Å²) in [6, 6.07) is 8.04. The largest absolute Gasteiger partial charge is 0.390 e. The fourth-order valence-electron chi connectivity index (χ4n) is 2.63. The molecule has 106 valence electrons. The molecule has 1 aliphatic heterocycles. The summed E-state index contributed by atoms with van der Waals surface area (Å²) in [5, 5.41) is 23.2. The lowest BCUT2D eigenvalue weighted by Crippen LogP contribution is -2.26. The Morgan fingerprint density at radius 1 is 1.16 bits per heavy atom. The molecule has 1 saturated heterocycles. The maximum Gasteiger partial charge on any atom is 0.105 e. The minimum absolute atomic E-state index is 0.500. The quantitative estimate of drug-likeness (QED) is 0.623. The Morgan fingerprint density at radius 3 is 2.37 bits per heavy atom. The highest BCUT2D eigenvalue weighted by atomic mass is 32.1. The average Bonchev–Trinajstić information content (AvgIpc) is 2.48. The summed E-state index contributed by atoms with van der Waals surface area (Å²) in [6.45, 7) is 2.16. The van der Waals surface area contributed by atoms with E-state index < -0.39 is 12.2 Å². The maximum absolute atomic E-state index is 10.0. The van der Waals surface area contributed by atoms with E-state index >= 15 is 0 Å². The molecule has 2 rings (SSSR count). The van der Waals surface area contributed by atoms with Gasteiger partial charge in [-0.3, -0.25) is 0 Å². The summed E-state index contributed by atoms with van der Waals surface area (Å²) in [4.78, 5) is 0. The van der Waals surface area contributed by atoms with Crippen molar-refractivity contribution in [3.8, 4) is 0 Å². The van der Waals surface area contributed by atoms with Gasteiger partial charge in [0, 0.05) is 0 Å². The van der Waals surface area contributed by atoms with Gasteiger partial charge in [-0.2, -0.15) is 12.6 Å². The molecule has 0 spiro atoms. The molecule has 0 bridgehead atoms. The maximum atomic E-state index is 10.0. The zero-order valence-electron chi connectivity index (χ0n) is 11.1. The molecule has 2 unspecified atom stereocenters. The van der Waals surface area contributed by atoms with Crippen LogP contribution < -0.4 is 5.32 Å². The zero-order chi connectivity index (χ0) is 13.7. The zero-order valence-corrected chi connectivity index (χ0v) is 12.0. The van der Waals surface area contributed by atoms with Crippen LogP contribution in [0.5, 0.6) is 0 Å². The molecule has 1 aromatic carbocycles. The number of piperidine rings is 1. The fraction of sp³-hybridized carbons (Fsp3) is 0.600. The Balaban J connectivity index is 2.01. The second kappa shape index (κ2) is 7.29. The molecule has 1 aliphatic rings. The van der Waals surface area contributed by atoms with E-state index in [9.17, 15) is 10.2 Å². The highest BCUT2D eigenvalue weighted by molar-refractivity contribution is 7.80. The van der Waals surface area contributed by atoms with Crippen molar-refractivity contribution in [2.45, 2.75) is 37.4 Å². The van der Waals surface area contributed by atoms with Gasteiger partial charge in [-0.05, 0) is 55.1 Å². The molecule has 0 aromatic heterocycles. The minimum atomic E-state index is -0.811. The molecular formula is C15H23NO2S. The molecule has 0 radical (unpaired) electrons. The van der Waals surface area contributed by atoms with Gasteiger partial charge in [0.05, 0.1) is 6.10 Å². The first-order valence-corrected chi connectivity index (χ1v) is 7.63. The summed E-state index contributed by atoms with van der Waals surface area (Å²) in [6.07, 6.45) is 1.30. The molecule has 4 heteroatoms. The lowest BCUT2D eigenvalue weighted by Gasteiger charge is -2.24. The first kappa shape index (κ1) is 14.9. The molecule has 1 heterocycles. The predicted octanol–water partition coefficient (Wildman–Crippen LogP) is 1.87. The molecule has 1 fully saturated rings. The van der Waals surface area contributed by atoms with Gasteiger partial charge in [-0.1, -0.05) is 24.3 Å². The topological polar surface area (TPSA) is 52.5 Å². The molecule has 19 heavy (non-hydrogen) atoms. The Labute approximate surface area is 120 Å². The highest BCUT2D eigenvalue weighted by Crippen LogP contribution is 2.27. The minimum Gasteiger partial charge on any atom is -0.390 e. The summed E-state index contributed by atoms with van der Waals surface area (Å²) in [5.74, 6) is 1.19. The third-order valence-electron chi connectivity index (χ3n) is 3.88. The van der Waals surface area contributed by atoms with Crippen LogP contribution >= 0.6 is 12.6 Å². The number of thiol groups is 1. The van der Waals surface area contributed by atoms with Gasteiger partial charge >= 0.3 is 0 Å². The van der Waals surface area contributed by atoms with Gasteiger partial charge in [0.15, 0.2) is 0 Å². The van der Waals surface area contributed by atoms with E-state index in [1.54, 1.807) is 0 Å². The number of nitrogens with one attached hydrogen (secondary N) is 1. The van der Waals surface area contributed by atoms with Crippen LogP contribution in [0.4, 0.5) is 0 Å². The number of aliphatic hydroxyl groups is 2. The molecular weight excluding hydrogens is 258 g/mol. The first-order valence-electron chi connectivity index (χ1n) is 7.00. The van der Waals surface area contributed by atoms with Gasteiger partial charge in [0.25, 0.3) is 0 Å². The van der Waals surface area contributed by atoms with E-state index in [1.807, 2.05) is 12.1 Å². The Kier molecular flexibility index (Phi) is 5.70. The number of benzene rings is 1. The molecule has 0 aliphatic carbocycles. The van der Waals surface area contributed by atoms with E-state index in [4.69, 9.17) is 0 Å². The Morgan fingerprint density at radius 2 is 1.79 bits per heavy atom. The van der Waals surface area contributed by atoms with Gasteiger partial charge in [0.1, 0.15) is 6.10 Å². The number of rotatable bonds is 5. The lowest BCUT2D eigenvalue weighted by molar-refractivity contribution is 0.0172. The normalized spacial score (nSPS) is 20.2. The van der Waals surface area contributed by atoms with Crippen LogP contribution in [0.1, 0.15) is 42.4 Å². The monoisotopic (exact) mass is 281 g/mol. The molecule has 2 atom stereocenters. The first-order chi connectivity index (χ1) is 9.22. The standard InChI is InChI=1S/C15H23NO2S/c17-14(7-10-19)15(18)13-3-1-11(2-4-13)12-5-8-16-9-6-12/h1-4,12,14-19H,5-10H2. The van der Waals surface area contributed by atoms with Gasteiger partial charge < -0.3 is 15.5 Å². The van der Waals surface area contributed by atoms with E-state index in [1.165, 1.54) is 18.4 Å². The SMILES string of the molecule is OC(CCS)C(O)c1ccc(C2CCNCC2)cc1. The van der Waals surface area contributed by atoms with Gasteiger partial charge in [-0.15, -0.1) is 0 Å². The summed E-state index contributed by atoms with van der Waals surface area (Å²) in [7, 11) is 0. The van der Waals surface area contributed by atoms with Crippen LogP contribution in [0.15, 0.2) is 24.3 Å². The molecule has 0 amide bonds. The van der Waals surface area contributed by atoms with Crippen molar-refractivity contribution in [2.75, 3.05) is 18.8 Å². The van der Waals surface area contributed by atoms with E-state index in [0.717, 1.165) is 18.7 Å². The second-order valence-corrected chi connectivity index (χ2v) is 5.66. The number of hydrogen-bond acceptors (Lipinski definition) is 4. The highest BCUT2D eigenvalue weighted by Gasteiger charge is 2.19. The third kappa shape index (κ3) is 3.96. The van der Waals surface area contributed by atoms with Crippen molar-refractivity contribution in [3.05, 3.63) is 35.4 Å². The van der Waals surface area contributed by atoms with Crippen molar-refractivity contribution < 1.29 is 10.2 Å². The summed E-state index contributed by atoms with van der Waals surface area (Å²) < 4.78 is 0. The molecule has 3 nitrogen and oxygen atoms in total. The molecule has 3 N–H and O–H groups in total.